The molecule has 0 saturated heterocycles. The van der Waals surface area contributed by atoms with Crippen molar-refractivity contribution in [2.45, 2.75) is 39.3 Å². The van der Waals surface area contributed by atoms with Crippen LogP contribution >= 0.6 is 11.6 Å². The van der Waals surface area contributed by atoms with Gasteiger partial charge in [-0.05, 0) is 56.4 Å². The lowest BCUT2D eigenvalue weighted by atomic mass is 10.2. The Hall–Kier alpha value is -2.34. The highest BCUT2D eigenvalue weighted by molar-refractivity contribution is 6.34. The quantitative estimate of drug-likeness (QED) is 0.724. The summed E-state index contributed by atoms with van der Waals surface area (Å²) in [5, 5.41) is 3.00. The highest BCUT2D eigenvalue weighted by Crippen LogP contribution is 2.31. The van der Waals surface area contributed by atoms with Crippen molar-refractivity contribution in [2.24, 2.45) is 5.92 Å². The maximum atomic E-state index is 14.1. The van der Waals surface area contributed by atoms with Crippen LogP contribution in [0, 0.1) is 11.7 Å². The molecule has 144 valence electrons. The molecule has 0 atom stereocenters. The predicted molar refractivity (Wildman–Crippen MR) is 101 cm³/mol. The first-order chi connectivity index (χ1) is 12.9. The molecule has 0 spiro atoms. The van der Waals surface area contributed by atoms with Crippen LogP contribution in [0.3, 0.4) is 0 Å². The number of nitrogens with one attached hydrogen (secondary N) is 1. The van der Waals surface area contributed by atoms with E-state index >= 15 is 0 Å². The van der Waals surface area contributed by atoms with Crippen molar-refractivity contribution in [1.29, 1.82) is 0 Å². The van der Waals surface area contributed by atoms with Crippen LogP contribution in [0.25, 0.3) is 0 Å². The molecule has 5 nitrogen and oxygen atoms in total. The first kappa shape index (κ1) is 19.4. The first-order valence-corrected chi connectivity index (χ1v) is 9.32. The fourth-order valence-electron chi connectivity index (χ4n) is 2.49. The molecule has 0 radical (unpaired) electrons. The lowest BCUT2D eigenvalue weighted by Crippen LogP contribution is -2.24. The summed E-state index contributed by atoms with van der Waals surface area (Å²) in [7, 11) is 0. The minimum Gasteiger partial charge on any atom is -0.488 e. The van der Waals surface area contributed by atoms with E-state index in [-0.39, 0.29) is 34.9 Å². The molecule has 0 aliphatic heterocycles. The van der Waals surface area contributed by atoms with Gasteiger partial charge in [-0.3, -0.25) is 4.79 Å². The third kappa shape index (κ3) is 5.32. The first-order valence-electron chi connectivity index (χ1n) is 8.94. The van der Waals surface area contributed by atoms with Gasteiger partial charge in [0.15, 0.2) is 11.6 Å². The molecule has 1 heterocycles. The van der Waals surface area contributed by atoms with Crippen LogP contribution in [0.15, 0.2) is 30.5 Å². The molecule has 1 saturated carbocycles. The Labute approximate surface area is 162 Å². The van der Waals surface area contributed by atoms with Gasteiger partial charge in [-0.15, -0.1) is 0 Å². The van der Waals surface area contributed by atoms with Gasteiger partial charge < -0.3 is 14.8 Å². The minimum atomic E-state index is -0.469. The number of nitrogens with zero attached hydrogens (tertiary/aromatic N) is 1. The Morgan fingerprint density at radius 2 is 2.15 bits per heavy atom. The van der Waals surface area contributed by atoms with E-state index < -0.39 is 11.7 Å². The maximum Gasteiger partial charge on any atom is 0.258 e. The Bertz CT molecular complexity index is 825. The SMILES string of the molecule is CC(C)Oc1ccc(CNC(=O)c2c(Cl)ccnc2OCC2CC2)cc1F. The van der Waals surface area contributed by atoms with Crippen molar-refractivity contribution < 1.29 is 18.7 Å². The molecule has 1 aliphatic rings. The van der Waals surface area contributed by atoms with Crippen LogP contribution in [-0.4, -0.2) is 23.6 Å². The minimum absolute atomic E-state index is 0.119. The van der Waals surface area contributed by atoms with Gasteiger partial charge in [0.05, 0.1) is 17.7 Å². The Kier molecular flexibility index (Phi) is 6.16. The van der Waals surface area contributed by atoms with Gasteiger partial charge >= 0.3 is 0 Å². The second-order valence-electron chi connectivity index (χ2n) is 6.84. The predicted octanol–water partition coefficient (Wildman–Crippen LogP) is 4.38. The zero-order valence-corrected chi connectivity index (χ0v) is 16.1. The number of ether oxygens (including phenoxy) is 2. The summed E-state index contributed by atoms with van der Waals surface area (Å²) in [5.41, 5.74) is 0.803. The number of rotatable bonds is 8. The standard InChI is InChI=1S/C20H22ClFN2O3/c1-12(2)27-17-6-5-14(9-16(17)22)10-24-19(25)18-15(21)7-8-23-20(18)26-11-13-3-4-13/h5-9,12-13H,3-4,10-11H2,1-2H3,(H,24,25). The van der Waals surface area contributed by atoms with Gasteiger partial charge in [-0.1, -0.05) is 17.7 Å². The summed E-state index contributed by atoms with van der Waals surface area (Å²) in [6.07, 6.45) is 3.64. The van der Waals surface area contributed by atoms with Crippen molar-refractivity contribution in [3.63, 3.8) is 0 Å². The molecule has 1 amide bonds. The molecule has 0 bridgehead atoms. The topological polar surface area (TPSA) is 60.5 Å². The van der Waals surface area contributed by atoms with E-state index in [9.17, 15) is 9.18 Å². The van der Waals surface area contributed by atoms with E-state index in [1.807, 2.05) is 13.8 Å². The van der Waals surface area contributed by atoms with Gasteiger partial charge in [-0.25, -0.2) is 9.37 Å². The largest absolute Gasteiger partial charge is 0.488 e. The van der Waals surface area contributed by atoms with Crippen LogP contribution in [0.5, 0.6) is 11.6 Å². The zero-order chi connectivity index (χ0) is 19.4. The molecule has 1 fully saturated rings. The molecule has 1 aromatic heterocycles. The summed E-state index contributed by atoms with van der Waals surface area (Å²) in [5.74, 6) is 0.0475. The molecule has 7 heteroatoms. The number of aromatic nitrogens is 1. The average Bonchev–Trinajstić information content (AvgIpc) is 3.44. The molecule has 27 heavy (non-hydrogen) atoms. The average molecular weight is 393 g/mol. The van der Waals surface area contributed by atoms with Crippen LogP contribution in [0.4, 0.5) is 4.39 Å². The van der Waals surface area contributed by atoms with Gasteiger partial charge in [-0.2, -0.15) is 0 Å². The number of amides is 1. The third-order valence-electron chi connectivity index (χ3n) is 4.06. The van der Waals surface area contributed by atoms with Gasteiger partial charge in [0.2, 0.25) is 5.88 Å². The van der Waals surface area contributed by atoms with Crippen molar-refractivity contribution >= 4 is 17.5 Å². The highest BCUT2D eigenvalue weighted by Gasteiger charge is 2.24. The molecule has 1 N–H and O–H groups in total. The van der Waals surface area contributed by atoms with Crippen molar-refractivity contribution in [2.75, 3.05) is 6.61 Å². The summed E-state index contributed by atoms with van der Waals surface area (Å²) >= 11 is 6.17. The zero-order valence-electron chi connectivity index (χ0n) is 15.3. The van der Waals surface area contributed by atoms with Gasteiger partial charge in [0, 0.05) is 12.7 Å². The Morgan fingerprint density at radius 3 is 2.81 bits per heavy atom. The van der Waals surface area contributed by atoms with Crippen LogP contribution < -0.4 is 14.8 Å². The second kappa shape index (κ2) is 8.57. The van der Waals surface area contributed by atoms with E-state index in [0.29, 0.717) is 18.1 Å². The normalized spacial score (nSPS) is 13.5. The number of hydrogen-bond donors (Lipinski definition) is 1. The molecular weight excluding hydrogens is 371 g/mol. The van der Waals surface area contributed by atoms with Crippen LogP contribution in [0.2, 0.25) is 5.02 Å². The Balaban J connectivity index is 1.66. The number of carbonyl (C=O) groups is 1. The molecule has 2 aromatic rings. The number of hydrogen-bond acceptors (Lipinski definition) is 4. The summed E-state index contributed by atoms with van der Waals surface area (Å²) < 4.78 is 25.1. The van der Waals surface area contributed by atoms with Gasteiger partial charge in [0.25, 0.3) is 5.91 Å². The van der Waals surface area contributed by atoms with Crippen LogP contribution in [-0.2, 0) is 6.54 Å². The molecule has 1 aliphatic carbocycles. The molecule has 0 unspecified atom stereocenters. The van der Waals surface area contributed by atoms with E-state index in [0.717, 1.165) is 12.8 Å². The van der Waals surface area contributed by atoms with E-state index in [1.165, 1.54) is 18.3 Å². The molecule has 3 rings (SSSR count). The summed E-state index contributed by atoms with van der Waals surface area (Å²) in [6, 6.07) is 6.14. The summed E-state index contributed by atoms with van der Waals surface area (Å²) in [4.78, 5) is 16.7. The van der Waals surface area contributed by atoms with E-state index in [4.69, 9.17) is 21.1 Å². The van der Waals surface area contributed by atoms with Crippen LogP contribution in [0.1, 0.15) is 42.6 Å². The summed E-state index contributed by atoms with van der Waals surface area (Å²) in [6.45, 7) is 4.32. The van der Waals surface area contributed by atoms with Crippen molar-refractivity contribution in [3.05, 3.63) is 52.4 Å². The van der Waals surface area contributed by atoms with Crippen molar-refractivity contribution in [3.8, 4) is 11.6 Å². The number of carbonyl (C=O) groups excluding carboxylic acids is 1. The Morgan fingerprint density at radius 1 is 1.37 bits per heavy atom. The number of pyridine rings is 1. The molecule has 1 aromatic carbocycles. The van der Waals surface area contributed by atoms with E-state index in [2.05, 4.69) is 10.3 Å². The van der Waals surface area contributed by atoms with Crippen molar-refractivity contribution in [1.82, 2.24) is 10.3 Å². The lowest BCUT2D eigenvalue weighted by Gasteiger charge is -2.13. The lowest BCUT2D eigenvalue weighted by molar-refractivity contribution is 0.0945. The number of halogens is 2. The molecular formula is C20H22ClFN2O3. The fourth-order valence-corrected chi connectivity index (χ4v) is 2.71. The third-order valence-corrected chi connectivity index (χ3v) is 4.37. The fraction of sp³-hybridized carbons (Fsp3) is 0.400. The number of benzene rings is 1. The second-order valence-corrected chi connectivity index (χ2v) is 7.25. The monoisotopic (exact) mass is 392 g/mol. The maximum absolute atomic E-state index is 14.1. The smallest absolute Gasteiger partial charge is 0.258 e. The van der Waals surface area contributed by atoms with E-state index in [1.54, 1.807) is 12.1 Å². The van der Waals surface area contributed by atoms with Gasteiger partial charge in [0.1, 0.15) is 5.56 Å². The highest BCUT2D eigenvalue weighted by atomic mass is 35.5.